The summed E-state index contributed by atoms with van der Waals surface area (Å²) in [6.07, 6.45) is 6.32. The summed E-state index contributed by atoms with van der Waals surface area (Å²) < 4.78 is 5.54. The van der Waals surface area contributed by atoms with Crippen LogP contribution in [0.1, 0.15) is 52.9 Å². The minimum absolute atomic E-state index is 0.472. The molecule has 2 fully saturated rings. The summed E-state index contributed by atoms with van der Waals surface area (Å²) in [5.41, 5.74) is 0.472. The molecule has 0 aliphatic carbocycles. The van der Waals surface area contributed by atoms with Gasteiger partial charge in [-0.15, -0.1) is 0 Å². The lowest BCUT2D eigenvalue weighted by atomic mass is 9.81. The fourth-order valence-electron chi connectivity index (χ4n) is 3.58. The first kappa shape index (κ1) is 15.3. The van der Waals surface area contributed by atoms with Gasteiger partial charge in [0, 0.05) is 44.9 Å². The maximum absolute atomic E-state index is 5.54. The third-order valence-electron chi connectivity index (χ3n) is 5.01. The lowest BCUT2D eigenvalue weighted by Crippen LogP contribution is -2.58. The third kappa shape index (κ3) is 4.17. The van der Waals surface area contributed by atoms with Crippen LogP contribution in [0.15, 0.2) is 0 Å². The summed E-state index contributed by atoms with van der Waals surface area (Å²) in [5, 5.41) is 3.73. The molecule has 0 aromatic rings. The van der Waals surface area contributed by atoms with E-state index in [1.54, 1.807) is 0 Å². The van der Waals surface area contributed by atoms with Crippen LogP contribution in [0.3, 0.4) is 0 Å². The lowest BCUT2D eigenvalue weighted by molar-refractivity contribution is -0.0114. The van der Waals surface area contributed by atoms with Crippen LogP contribution in [-0.4, -0.2) is 49.8 Å². The Kier molecular flexibility index (Phi) is 5.67. The Morgan fingerprint density at radius 3 is 2.63 bits per heavy atom. The van der Waals surface area contributed by atoms with Crippen molar-refractivity contribution in [2.24, 2.45) is 5.41 Å². The van der Waals surface area contributed by atoms with Crippen LogP contribution in [0.5, 0.6) is 0 Å². The Bertz CT molecular complexity index is 263. The van der Waals surface area contributed by atoms with Gasteiger partial charge in [-0.25, -0.2) is 0 Å². The molecular formula is C16H32N2O. The molecule has 3 nitrogen and oxygen atoms in total. The number of piperazine rings is 1. The van der Waals surface area contributed by atoms with E-state index >= 15 is 0 Å². The summed E-state index contributed by atoms with van der Waals surface area (Å²) in [7, 11) is 0. The first-order valence-electron chi connectivity index (χ1n) is 8.22. The molecule has 2 atom stereocenters. The van der Waals surface area contributed by atoms with E-state index in [0.717, 1.165) is 19.3 Å². The first-order valence-corrected chi connectivity index (χ1v) is 8.22. The highest BCUT2D eigenvalue weighted by molar-refractivity contribution is 4.90. The Balaban J connectivity index is 1.93. The Morgan fingerprint density at radius 2 is 2.00 bits per heavy atom. The number of nitrogens with zero attached hydrogens (tertiary/aromatic N) is 1. The third-order valence-corrected chi connectivity index (χ3v) is 5.01. The van der Waals surface area contributed by atoms with Gasteiger partial charge in [-0.05, 0) is 31.1 Å². The fraction of sp³-hybridized carbons (Fsp3) is 1.00. The molecule has 19 heavy (non-hydrogen) atoms. The van der Waals surface area contributed by atoms with Gasteiger partial charge in [0.2, 0.25) is 0 Å². The molecule has 2 unspecified atom stereocenters. The summed E-state index contributed by atoms with van der Waals surface area (Å²) in [6.45, 7) is 12.7. The Morgan fingerprint density at radius 1 is 1.26 bits per heavy atom. The van der Waals surface area contributed by atoms with Gasteiger partial charge in [-0.2, -0.15) is 0 Å². The van der Waals surface area contributed by atoms with Gasteiger partial charge in [0.25, 0.3) is 0 Å². The maximum atomic E-state index is 5.54. The summed E-state index contributed by atoms with van der Waals surface area (Å²) in [4.78, 5) is 2.77. The molecule has 2 heterocycles. The van der Waals surface area contributed by atoms with Crippen molar-refractivity contribution in [3.8, 4) is 0 Å². The summed E-state index contributed by atoms with van der Waals surface area (Å²) >= 11 is 0. The van der Waals surface area contributed by atoms with Crippen LogP contribution in [0.2, 0.25) is 0 Å². The van der Waals surface area contributed by atoms with Gasteiger partial charge in [-0.1, -0.05) is 27.2 Å². The standard InChI is InChI=1S/C16H32N2O/c1-4-6-14-12-18(15(5-2)11-17-14)13-16(3)7-9-19-10-8-16/h14-15,17H,4-13H2,1-3H3. The quantitative estimate of drug-likeness (QED) is 0.829. The molecule has 0 bridgehead atoms. The molecule has 0 aromatic carbocycles. The molecule has 3 heteroatoms. The van der Waals surface area contributed by atoms with Crippen molar-refractivity contribution in [1.29, 1.82) is 0 Å². The van der Waals surface area contributed by atoms with E-state index in [-0.39, 0.29) is 0 Å². The predicted molar refractivity (Wildman–Crippen MR) is 80.5 cm³/mol. The number of hydrogen-bond acceptors (Lipinski definition) is 3. The zero-order valence-corrected chi connectivity index (χ0v) is 13.1. The predicted octanol–water partition coefficient (Wildman–Crippen LogP) is 2.66. The van der Waals surface area contributed by atoms with Crippen molar-refractivity contribution in [2.75, 3.05) is 32.8 Å². The van der Waals surface area contributed by atoms with Crippen LogP contribution in [-0.2, 0) is 4.74 Å². The average molecular weight is 268 g/mol. The molecule has 112 valence electrons. The van der Waals surface area contributed by atoms with E-state index < -0.39 is 0 Å². The molecule has 0 aromatic heterocycles. The van der Waals surface area contributed by atoms with Crippen molar-refractivity contribution < 1.29 is 4.74 Å². The second kappa shape index (κ2) is 7.05. The van der Waals surface area contributed by atoms with E-state index in [2.05, 4.69) is 31.0 Å². The highest BCUT2D eigenvalue weighted by Crippen LogP contribution is 2.32. The second-order valence-corrected chi connectivity index (χ2v) is 6.81. The smallest absolute Gasteiger partial charge is 0.0471 e. The normalized spacial score (nSPS) is 32.4. The second-order valence-electron chi connectivity index (χ2n) is 6.81. The zero-order chi connectivity index (χ0) is 13.7. The van der Waals surface area contributed by atoms with Gasteiger partial charge in [-0.3, -0.25) is 4.90 Å². The molecule has 2 aliphatic heterocycles. The number of ether oxygens (including phenoxy) is 1. The maximum Gasteiger partial charge on any atom is 0.0471 e. The molecular weight excluding hydrogens is 236 g/mol. The number of rotatable bonds is 5. The van der Waals surface area contributed by atoms with Gasteiger partial charge < -0.3 is 10.1 Å². The fourth-order valence-corrected chi connectivity index (χ4v) is 3.58. The monoisotopic (exact) mass is 268 g/mol. The van der Waals surface area contributed by atoms with Crippen molar-refractivity contribution in [2.45, 2.75) is 65.0 Å². The molecule has 1 N–H and O–H groups in total. The van der Waals surface area contributed by atoms with Gasteiger partial charge >= 0.3 is 0 Å². The van der Waals surface area contributed by atoms with E-state index in [4.69, 9.17) is 4.74 Å². The first-order chi connectivity index (χ1) is 9.17. The molecule has 2 saturated heterocycles. The largest absolute Gasteiger partial charge is 0.381 e. The minimum atomic E-state index is 0.472. The van der Waals surface area contributed by atoms with Gasteiger partial charge in [0.05, 0.1) is 0 Å². The molecule has 0 radical (unpaired) electrons. The molecule has 0 spiro atoms. The molecule has 2 aliphatic rings. The van der Waals surface area contributed by atoms with Crippen LogP contribution in [0, 0.1) is 5.41 Å². The van der Waals surface area contributed by atoms with Crippen LogP contribution >= 0.6 is 0 Å². The highest BCUT2D eigenvalue weighted by atomic mass is 16.5. The molecule has 0 saturated carbocycles. The Hall–Kier alpha value is -0.120. The van der Waals surface area contributed by atoms with Crippen molar-refractivity contribution >= 4 is 0 Å². The number of nitrogens with one attached hydrogen (secondary N) is 1. The van der Waals surface area contributed by atoms with Crippen molar-refractivity contribution in [3.05, 3.63) is 0 Å². The summed E-state index contributed by atoms with van der Waals surface area (Å²) in [5.74, 6) is 0. The minimum Gasteiger partial charge on any atom is -0.381 e. The topological polar surface area (TPSA) is 24.5 Å². The van der Waals surface area contributed by atoms with Crippen LogP contribution < -0.4 is 5.32 Å². The van der Waals surface area contributed by atoms with E-state index in [9.17, 15) is 0 Å². The Labute approximate surface area is 119 Å². The molecule has 2 rings (SSSR count). The van der Waals surface area contributed by atoms with Gasteiger partial charge in [0.15, 0.2) is 0 Å². The zero-order valence-electron chi connectivity index (χ0n) is 13.1. The molecule has 0 amide bonds. The van der Waals surface area contributed by atoms with Crippen LogP contribution in [0.4, 0.5) is 0 Å². The highest BCUT2D eigenvalue weighted by Gasteiger charge is 2.34. The number of hydrogen-bond donors (Lipinski definition) is 1. The summed E-state index contributed by atoms with van der Waals surface area (Å²) in [6, 6.07) is 1.43. The average Bonchev–Trinajstić information content (AvgIpc) is 2.40. The van der Waals surface area contributed by atoms with Gasteiger partial charge in [0.1, 0.15) is 0 Å². The van der Waals surface area contributed by atoms with Crippen molar-refractivity contribution in [3.63, 3.8) is 0 Å². The van der Waals surface area contributed by atoms with Crippen molar-refractivity contribution in [1.82, 2.24) is 10.2 Å². The van der Waals surface area contributed by atoms with Crippen LogP contribution in [0.25, 0.3) is 0 Å². The SMILES string of the molecule is CCCC1CN(CC2(C)CCOCC2)C(CC)CN1. The lowest BCUT2D eigenvalue weighted by Gasteiger charge is -2.45. The van der Waals surface area contributed by atoms with E-state index in [1.807, 2.05) is 0 Å². The van der Waals surface area contributed by atoms with E-state index in [1.165, 1.54) is 51.7 Å². The van der Waals surface area contributed by atoms with E-state index in [0.29, 0.717) is 11.5 Å².